The molecule has 0 aliphatic carbocycles. The Labute approximate surface area is 60.0 Å². The van der Waals surface area contributed by atoms with E-state index in [1.807, 2.05) is 0 Å². The van der Waals surface area contributed by atoms with Crippen molar-refractivity contribution in [2.24, 2.45) is 10.9 Å². The van der Waals surface area contributed by atoms with Crippen LogP contribution in [0.5, 0.6) is 0 Å². The molecule has 4 heteroatoms. The molecule has 0 aliphatic heterocycles. The molecule has 0 bridgehead atoms. The van der Waals surface area contributed by atoms with Gasteiger partial charge < -0.3 is 10.6 Å². The third kappa shape index (κ3) is 3.88. The normalized spacial score (nSPS) is 11.2. The van der Waals surface area contributed by atoms with Crippen LogP contribution in [0, 0.1) is 0 Å². The molecule has 10 heavy (non-hydrogen) atoms. The summed E-state index contributed by atoms with van der Waals surface area (Å²) in [6.07, 6.45) is 0.185. The molecule has 0 amide bonds. The molecule has 0 saturated heterocycles. The standard InChI is InChI=1S/C6H12N2O2/c1-3-10-6(9)4-5(2)8-7/h3-4,7H2,1-2H3/b8-5-. The summed E-state index contributed by atoms with van der Waals surface area (Å²) in [7, 11) is 0. The smallest absolute Gasteiger partial charge is 0.311 e. The molecule has 0 unspecified atom stereocenters. The Bertz CT molecular complexity index is 143. The fourth-order valence-corrected chi connectivity index (χ4v) is 0.467. The zero-order chi connectivity index (χ0) is 7.98. The molecule has 58 valence electrons. The number of rotatable bonds is 3. The lowest BCUT2D eigenvalue weighted by atomic mass is 10.3. The maximum atomic E-state index is 10.7. The summed E-state index contributed by atoms with van der Waals surface area (Å²) in [5.74, 6) is 4.61. The van der Waals surface area contributed by atoms with Crippen LogP contribution in [0.15, 0.2) is 5.10 Å². The molecule has 0 radical (unpaired) electrons. The second-order valence-corrected chi connectivity index (χ2v) is 1.85. The predicted octanol–water partition coefficient (Wildman–Crippen LogP) is 0.274. The lowest BCUT2D eigenvalue weighted by Crippen LogP contribution is -2.09. The molecule has 0 heterocycles. The van der Waals surface area contributed by atoms with Crippen LogP contribution in [0.1, 0.15) is 20.3 Å². The summed E-state index contributed by atoms with van der Waals surface area (Å²) >= 11 is 0. The molecule has 0 fully saturated rings. The first-order valence-electron chi connectivity index (χ1n) is 3.09. The number of nitrogens with zero attached hydrogens (tertiary/aromatic N) is 1. The molecule has 0 spiro atoms. The van der Waals surface area contributed by atoms with E-state index in [2.05, 4.69) is 9.84 Å². The summed E-state index contributed by atoms with van der Waals surface area (Å²) in [5.41, 5.74) is 0.582. The number of hydrazone groups is 1. The van der Waals surface area contributed by atoms with E-state index in [1.165, 1.54) is 0 Å². The maximum absolute atomic E-state index is 10.7. The average Bonchev–Trinajstić information content (AvgIpc) is 1.88. The minimum absolute atomic E-state index is 0.185. The van der Waals surface area contributed by atoms with Crippen molar-refractivity contribution in [3.63, 3.8) is 0 Å². The topological polar surface area (TPSA) is 64.7 Å². The lowest BCUT2D eigenvalue weighted by Gasteiger charge is -1.98. The van der Waals surface area contributed by atoms with Gasteiger partial charge in [-0.25, -0.2) is 0 Å². The van der Waals surface area contributed by atoms with E-state index in [1.54, 1.807) is 13.8 Å². The number of hydrogen-bond donors (Lipinski definition) is 1. The molecule has 0 aromatic rings. The SMILES string of the molecule is CCOC(=O)C/C(C)=N\N. The van der Waals surface area contributed by atoms with Gasteiger partial charge in [-0.05, 0) is 13.8 Å². The molecule has 0 atom stereocenters. The number of carbonyl (C=O) groups is 1. The van der Waals surface area contributed by atoms with Crippen molar-refractivity contribution in [1.82, 2.24) is 0 Å². The first kappa shape index (κ1) is 8.94. The van der Waals surface area contributed by atoms with E-state index in [9.17, 15) is 4.79 Å². The van der Waals surface area contributed by atoms with Crippen LogP contribution in [0.4, 0.5) is 0 Å². The van der Waals surface area contributed by atoms with Gasteiger partial charge in [-0.1, -0.05) is 0 Å². The van der Waals surface area contributed by atoms with Gasteiger partial charge in [0.05, 0.1) is 13.0 Å². The van der Waals surface area contributed by atoms with Crippen LogP contribution in [0.25, 0.3) is 0 Å². The first-order chi connectivity index (χ1) is 4.70. The predicted molar refractivity (Wildman–Crippen MR) is 38.5 cm³/mol. The molecule has 4 nitrogen and oxygen atoms in total. The van der Waals surface area contributed by atoms with E-state index in [0.717, 1.165) is 0 Å². The summed E-state index contributed by atoms with van der Waals surface area (Å²) in [5, 5.41) is 3.33. The van der Waals surface area contributed by atoms with Crippen LogP contribution >= 0.6 is 0 Å². The van der Waals surface area contributed by atoms with E-state index < -0.39 is 0 Å². The minimum atomic E-state index is -0.283. The highest BCUT2D eigenvalue weighted by Crippen LogP contribution is 1.88. The number of ether oxygens (including phenoxy) is 1. The van der Waals surface area contributed by atoms with Crippen molar-refractivity contribution in [2.45, 2.75) is 20.3 Å². The molecule has 0 aromatic heterocycles. The highest BCUT2D eigenvalue weighted by Gasteiger charge is 2.02. The van der Waals surface area contributed by atoms with Crippen molar-refractivity contribution in [3.8, 4) is 0 Å². The zero-order valence-electron chi connectivity index (χ0n) is 6.26. The van der Waals surface area contributed by atoms with Crippen molar-refractivity contribution in [2.75, 3.05) is 6.61 Å². The summed E-state index contributed by atoms with van der Waals surface area (Å²) in [4.78, 5) is 10.7. The third-order valence-corrected chi connectivity index (χ3v) is 0.926. The first-order valence-corrected chi connectivity index (χ1v) is 3.09. The number of esters is 1. The molecule has 0 aliphatic rings. The molecule has 0 aromatic carbocycles. The molecule has 2 N–H and O–H groups in total. The van der Waals surface area contributed by atoms with E-state index in [0.29, 0.717) is 12.3 Å². The number of carbonyl (C=O) groups excluding carboxylic acids is 1. The Hall–Kier alpha value is -1.06. The van der Waals surface area contributed by atoms with Crippen LogP contribution in [0.2, 0.25) is 0 Å². The van der Waals surface area contributed by atoms with Gasteiger partial charge in [0.1, 0.15) is 0 Å². The van der Waals surface area contributed by atoms with Crippen LogP contribution in [-0.4, -0.2) is 18.3 Å². The van der Waals surface area contributed by atoms with Crippen molar-refractivity contribution >= 4 is 11.7 Å². The summed E-state index contributed by atoms with van der Waals surface area (Å²) in [6, 6.07) is 0. The zero-order valence-corrected chi connectivity index (χ0v) is 6.26. The minimum Gasteiger partial charge on any atom is -0.466 e. The van der Waals surface area contributed by atoms with Crippen molar-refractivity contribution < 1.29 is 9.53 Å². The molecule has 0 saturated carbocycles. The number of nitrogens with two attached hydrogens (primary N) is 1. The lowest BCUT2D eigenvalue weighted by molar-refractivity contribution is -0.141. The van der Waals surface area contributed by atoms with Gasteiger partial charge in [0.25, 0.3) is 0 Å². The fraction of sp³-hybridized carbons (Fsp3) is 0.667. The summed E-state index contributed by atoms with van der Waals surface area (Å²) < 4.78 is 4.64. The Morgan fingerprint density at radius 1 is 1.70 bits per heavy atom. The molecule has 0 rings (SSSR count). The van der Waals surface area contributed by atoms with Gasteiger partial charge in [0, 0.05) is 5.71 Å². The van der Waals surface area contributed by atoms with E-state index >= 15 is 0 Å². The quantitative estimate of drug-likeness (QED) is 0.268. The Kier molecular flexibility index (Phi) is 4.28. The Balaban J connectivity index is 3.58. The Morgan fingerprint density at radius 3 is 2.70 bits per heavy atom. The van der Waals surface area contributed by atoms with Crippen molar-refractivity contribution in [3.05, 3.63) is 0 Å². The van der Waals surface area contributed by atoms with Gasteiger partial charge >= 0.3 is 5.97 Å². The molecular weight excluding hydrogens is 132 g/mol. The van der Waals surface area contributed by atoms with Crippen LogP contribution in [0.3, 0.4) is 0 Å². The van der Waals surface area contributed by atoms with Gasteiger partial charge in [-0.2, -0.15) is 5.10 Å². The van der Waals surface area contributed by atoms with Gasteiger partial charge in [0.2, 0.25) is 0 Å². The summed E-state index contributed by atoms with van der Waals surface area (Å²) in [6.45, 7) is 3.83. The van der Waals surface area contributed by atoms with E-state index in [4.69, 9.17) is 5.84 Å². The van der Waals surface area contributed by atoms with Gasteiger partial charge in [0.15, 0.2) is 0 Å². The third-order valence-electron chi connectivity index (χ3n) is 0.926. The maximum Gasteiger partial charge on any atom is 0.311 e. The fourth-order valence-electron chi connectivity index (χ4n) is 0.467. The monoisotopic (exact) mass is 144 g/mol. The average molecular weight is 144 g/mol. The second kappa shape index (κ2) is 4.78. The van der Waals surface area contributed by atoms with Gasteiger partial charge in [-0.3, -0.25) is 4.79 Å². The second-order valence-electron chi connectivity index (χ2n) is 1.85. The van der Waals surface area contributed by atoms with Crippen LogP contribution in [-0.2, 0) is 9.53 Å². The van der Waals surface area contributed by atoms with Gasteiger partial charge in [-0.15, -0.1) is 0 Å². The molecular formula is C6H12N2O2. The van der Waals surface area contributed by atoms with Crippen LogP contribution < -0.4 is 5.84 Å². The highest BCUT2D eigenvalue weighted by molar-refractivity contribution is 5.97. The van der Waals surface area contributed by atoms with E-state index in [-0.39, 0.29) is 12.4 Å². The Morgan fingerprint density at radius 2 is 2.30 bits per heavy atom. The largest absolute Gasteiger partial charge is 0.466 e. The highest BCUT2D eigenvalue weighted by atomic mass is 16.5. The van der Waals surface area contributed by atoms with Crippen molar-refractivity contribution in [1.29, 1.82) is 0 Å². The number of hydrogen-bond acceptors (Lipinski definition) is 4.